The van der Waals surface area contributed by atoms with Crippen LogP contribution in [-0.2, 0) is 33.6 Å². The number of nitrogens with one attached hydrogen (secondary N) is 4. The van der Waals surface area contributed by atoms with Gasteiger partial charge < -0.3 is 20.9 Å². The maximum atomic E-state index is 13.2. The minimum atomic E-state index is -0.822. The molecular weight excluding hydrogens is 500 g/mol. The minimum absolute atomic E-state index is 0.119. The smallest absolute Gasteiger partial charge is 0.242 e. The van der Waals surface area contributed by atoms with E-state index in [1.54, 1.807) is 31.2 Å². The third kappa shape index (κ3) is 7.46. The average Bonchev–Trinajstić information content (AvgIpc) is 3.32. The van der Waals surface area contributed by atoms with Gasteiger partial charge in [0.2, 0.25) is 17.7 Å². The number of amides is 3. The fourth-order valence-electron chi connectivity index (χ4n) is 4.27. The van der Waals surface area contributed by atoms with Crippen LogP contribution in [-0.4, -0.2) is 41.3 Å². The standard InChI is InChI=1S/C30H31ClN4O3/c1-20(34-28(36)17-22-11-13-24(31)14-12-22)29(37)35-27(18-23-19-33-26-10-6-5-9-25(23)26)30(38)32-16-15-21-7-3-2-4-8-21/h2-14,19-20,27,33H,15-18H2,1H3,(H,32,38)(H,34,36)(H,35,37)/t20-,27-/m0/s1. The molecule has 1 aromatic heterocycles. The highest BCUT2D eigenvalue weighted by atomic mass is 35.5. The molecule has 0 spiro atoms. The summed E-state index contributed by atoms with van der Waals surface area (Å²) in [6, 6.07) is 23.0. The number of halogens is 1. The lowest BCUT2D eigenvalue weighted by Crippen LogP contribution is -2.54. The van der Waals surface area contributed by atoms with Gasteiger partial charge in [-0.05, 0) is 48.2 Å². The van der Waals surface area contributed by atoms with Gasteiger partial charge in [0.15, 0.2) is 0 Å². The molecule has 3 aromatic carbocycles. The molecule has 0 aliphatic heterocycles. The van der Waals surface area contributed by atoms with Crippen LogP contribution in [0.2, 0.25) is 5.02 Å². The van der Waals surface area contributed by atoms with Crippen molar-refractivity contribution in [3.63, 3.8) is 0 Å². The zero-order valence-electron chi connectivity index (χ0n) is 21.2. The van der Waals surface area contributed by atoms with E-state index in [0.29, 0.717) is 24.4 Å². The highest BCUT2D eigenvalue weighted by Crippen LogP contribution is 2.19. The van der Waals surface area contributed by atoms with Crippen molar-refractivity contribution in [3.05, 3.63) is 107 Å². The van der Waals surface area contributed by atoms with Gasteiger partial charge >= 0.3 is 0 Å². The Morgan fingerprint density at radius 1 is 0.842 bits per heavy atom. The first-order valence-electron chi connectivity index (χ1n) is 12.6. The van der Waals surface area contributed by atoms with Crippen molar-refractivity contribution in [2.24, 2.45) is 0 Å². The van der Waals surface area contributed by atoms with E-state index in [0.717, 1.165) is 27.6 Å². The van der Waals surface area contributed by atoms with E-state index >= 15 is 0 Å². The summed E-state index contributed by atoms with van der Waals surface area (Å²) in [4.78, 5) is 42.0. The molecule has 196 valence electrons. The second-order valence-electron chi connectivity index (χ2n) is 9.24. The lowest BCUT2D eigenvalue weighted by Gasteiger charge is -2.21. The maximum Gasteiger partial charge on any atom is 0.242 e. The predicted molar refractivity (Wildman–Crippen MR) is 150 cm³/mol. The maximum absolute atomic E-state index is 13.2. The van der Waals surface area contributed by atoms with Crippen molar-refractivity contribution in [2.75, 3.05) is 6.54 Å². The molecule has 0 unspecified atom stereocenters. The van der Waals surface area contributed by atoms with Crippen LogP contribution in [0.3, 0.4) is 0 Å². The Labute approximate surface area is 227 Å². The summed E-state index contributed by atoms with van der Waals surface area (Å²) in [5.41, 5.74) is 3.78. The van der Waals surface area contributed by atoms with Gasteiger partial charge in [0.1, 0.15) is 12.1 Å². The summed E-state index contributed by atoms with van der Waals surface area (Å²) in [5.74, 6) is -1.01. The summed E-state index contributed by atoms with van der Waals surface area (Å²) in [5, 5.41) is 10.1. The lowest BCUT2D eigenvalue weighted by molar-refractivity contribution is -0.131. The van der Waals surface area contributed by atoms with Crippen LogP contribution in [0.25, 0.3) is 10.9 Å². The summed E-state index contributed by atoms with van der Waals surface area (Å²) in [7, 11) is 0. The van der Waals surface area contributed by atoms with Crippen LogP contribution in [0.1, 0.15) is 23.6 Å². The highest BCUT2D eigenvalue weighted by molar-refractivity contribution is 6.30. The molecule has 0 aliphatic rings. The number of aromatic amines is 1. The van der Waals surface area contributed by atoms with Crippen molar-refractivity contribution in [3.8, 4) is 0 Å². The molecule has 0 radical (unpaired) electrons. The Bertz CT molecular complexity index is 1390. The Morgan fingerprint density at radius 3 is 2.32 bits per heavy atom. The van der Waals surface area contributed by atoms with Crippen LogP contribution < -0.4 is 16.0 Å². The first kappa shape index (κ1) is 26.9. The molecule has 0 fully saturated rings. The SMILES string of the molecule is C[C@H](NC(=O)Cc1ccc(Cl)cc1)C(=O)N[C@@H](Cc1c[nH]c2ccccc12)C(=O)NCCc1ccccc1. The van der Waals surface area contributed by atoms with E-state index in [1.165, 1.54) is 0 Å². The van der Waals surface area contributed by atoms with Crippen molar-refractivity contribution in [1.29, 1.82) is 0 Å². The third-order valence-electron chi connectivity index (χ3n) is 6.34. The van der Waals surface area contributed by atoms with Gasteiger partial charge in [-0.1, -0.05) is 72.3 Å². The Kier molecular flexibility index (Phi) is 9.16. The number of rotatable bonds is 11. The summed E-state index contributed by atoms with van der Waals surface area (Å²) in [6.07, 6.45) is 2.96. The lowest BCUT2D eigenvalue weighted by atomic mass is 10.0. The van der Waals surface area contributed by atoms with Crippen LogP contribution in [0.5, 0.6) is 0 Å². The van der Waals surface area contributed by atoms with E-state index in [9.17, 15) is 14.4 Å². The number of carbonyl (C=O) groups is 3. The largest absolute Gasteiger partial charge is 0.361 e. The fraction of sp³-hybridized carbons (Fsp3) is 0.233. The van der Waals surface area contributed by atoms with E-state index in [4.69, 9.17) is 11.6 Å². The molecule has 0 saturated heterocycles. The van der Waals surface area contributed by atoms with Gasteiger partial charge in [-0.15, -0.1) is 0 Å². The molecule has 8 heteroatoms. The van der Waals surface area contributed by atoms with Crippen LogP contribution >= 0.6 is 11.6 Å². The molecule has 0 aliphatic carbocycles. The molecule has 0 saturated carbocycles. The molecule has 4 rings (SSSR count). The van der Waals surface area contributed by atoms with Crippen LogP contribution in [0, 0.1) is 0 Å². The summed E-state index contributed by atoms with van der Waals surface area (Å²) in [6.45, 7) is 2.04. The van der Waals surface area contributed by atoms with Crippen molar-refractivity contribution in [1.82, 2.24) is 20.9 Å². The minimum Gasteiger partial charge on any atom is -0.361 e. The van der Waals surface area contributed by atoms with Gasteiger partial charge in [-0.3, -0.25) is 14.4 Å². The van der Waals surface area contributed by atoms with E-state index in [1.807, 2.05) is 60.8 Å². The molecule has 2 atom stereocenters. The summed E-state index contributed by atoms with van der Waals surface area (Å²) >= 11 is 5.91. The van der Waals surface area contributed by atoms with Gasteiger partial charge in [0, 0.05) is 35.1 Å². The second kappa shape index (κ2) is 12.9. The molecule has 38 heavy (non-hydrogen) atoms. The normalized spacial score (nSPS) is 12.5. The van der Waals surface area contributed by atoms with Gasteiger partial charge in [0.25, 0.3) is 0 Å². The molecule has 0 bridgehead atoms. The van der Waals surface area contributed by atoms with Crippen LogP contribution in [0.4, 0.5) is 0 Å². The molecule has 4 aromatic rings. The van der Waals surface area contributed by atoms with E-state index < -0.39 is 18.0 Å². The molecule has 3 amide bonds. The van der Waals surface area contributed by atoms with Crippen molar-refractivity contribution >= 4 is 40.2 Å². The Balaban J connectivity index is 1.40. The van der Waals surface area contributed by atoms with E-state index in [2.05, 4.69) is 20.9 Å². The number of hydrogen-bond acceptors (Lipinski definition) is 3. The zero-order valence-corrected chi connectivity index (χ0v) is 21.9. The fourth-order valence-corrected chi connectivity index (χ4v) is 4.40. The second-order valence-corrected chi connectivity index (χ2v) is 9.68. The molecule has 1 heterocycles. The number of fused-ring (bicyclic) bond motifs is 1. The first-order chi connectivity index (χ1) is 18.4. The van der Waals surface area contributed by atoms with Gasteiger partial charge in [-0.2, -0.15) is 0 Å². The molecule has 7 nitrogen and oxygen atoms in total. The topological polar surface area (TPSA) is 103 Å². The number of aromatic nitrogens is 1. The zero-order chi connectivity index (χ0) is 26.9. The number of H-pyrrole nitrogens is 1. The first-order valence-corrected chi connectivity index (χ1v) is 13.0. The number of benzene rings is 3. The number of hydrogen-bond donors (Lipinski definition) is 4. The number of para-hydroxylation sites is 1. The van der Waals surface area contributed by atoms with Crippen LogP contribution in [0.15, 0.2) is 85.1 Å². The Morgan fingerprint density at radius 2 is 1.55 bits per heavy atom. The molecular formula is C30H31ClN4O3. The highest BCUT2D eigenvalue weighted by Gasteiger charge is 2.25. The predicted octanol–water partition coefficient (Wildman–Crippen LogP) is 3.95. The summed E-state index contributed by atoms with van der Waals surface area (Å²) < 4.78 is 0. The quantitative estimate of drug-likeness (QED) is 0.236. The van der Waals surface area contributed by atoms with Gasteiger partial charge in [-0.25, -0.2) is 0 Å². The monoisotopic (exact) mass is 530 g/mol. The Hall–Kier alpha value is -4.10. The average molecular weight is 531 g/mol. The number of carbonyl (C=O) groups excluding carboxylic acids is 3. The van der Waals surface area contributed by atoms with Crippen molar-refractivity contribution in [2.45, 2.75) is 38.3 Å². The molecule has 4 N–H and O–H groups in total. The van der Waals surface area contributed by atoms with Crippen molar-refractivity contribution < 1.29 is 14.4 Å². The third-order valence-corrected chi connectivity index (χ3v) is 6.59. The van der Waals surface area contributed by atoms with E-state index in [-0.39, 0.29) is 18.2 Å². The van der Waals surface area contributed by atoms with Gasteiger partial charge in [0.05, 0.1) is 6.42 Å².